The van der Waals surface area contributed by atoms with Crippen molar-refractivity contribution in [1.29, 1.82) is 0 Å². The molecule has 10 nitrogen and oxygen atoms in total. The standard InChI is InChI=1S/C25H23N3O7S/c1-5-35-25(31)21-19-13-36-23(26-22(29)14-10-17(33-3)12-18(11-14)34-4)20(19)24(30)28(27-21)15-6-8-16(32-2)9-7-15/h6-13H,5H2,1-4H3,(H,26,29). The molecule has 0 bridgehead atoms. The second-order valence-corrected chi connectivity index (χ2v) is 8.27. The van der Waals surface area contributed by atoms with Crippen LogP contribution in [0.4, 0.5) is 5.00 Å². The molecule has 0 radical (unpaired) electrons. The van der Waals surface area contributed by atoms with Gasteiger partial charge in [-0.2, -0.15) is 9.78 Å². The van der Waals surface area contributed by atoms with E-state index < -0.39 is 17.4 Å². The largest absolute Gasteiger partial charge is 0.497 e. The van der Waals surface area contributed by atoms with E-state index in [4.69, 9.17) is 18.9 Å². The van der Waals surface area contributed by atoms with Gasteiger partial charge in [0.15, 0.2) is 5.69 Å². The molecule has 0 aliphatic heterocycles. The van der Waals surface area contributed by atoms with Crippen LogP contribution >= 0.6 is 11.3 Å². The quantitative estimate of drug-likeness (QED) is 0.355. The summed E-state index contributed by atoms with van der Waals surface area (Å²) in [6, 6.07) is 11.4. The van der Waals surface area contributed by atoms with Crippen molar-refractivity contribution in [1.82, 2.24) is 9.78 Å². The molecule has 0 saturated heterocycles. The monoisotopic (exact) mass is 509 g/mol. The Kier molecular flexibility index (Phi) is 7.20. The summed E-state index contributed by atoms with van der Waals surface area (Å²) in [7, 11) is 4.49. The van der Waals surface area contributed by atoms with Crippen LogP contribution in [0.15, 0.2) is 52.6 Å². The van der Waals surface area contributed by atoms with Crippen molar-refractivity contribution in [2.24, 2.45) is 0 Å². The van der Waals surface area contributed by atoms with E-state index >= 15 is 0 Å². The number of nitrogens with one attached hydrogen (secondary N) is 1. The van der Waals surface area contributed by atoms with Gasteiger partial charge < -0.3 is 24.3 Å². The van der Waals surface area contributed by atoms with Crippen LogP contribution in [0.5, 0.6) is 17.2 Å². The van der Waals surface area contributed by atoms with Crippen molar-refractivity contribution in [2.45, 2.75) is 6.92 Å². The van der Waals surface area contributed by atoms with E-state index in [1.807, 2.05) is 0 Å². The van der Waals surface area contributed by atoms with Gasteiger partial charge in [-0.25, -0.2) is 4.79 Å². The zero-order chi connectivity index (χ0) is 25.8. The molecule has 1 amide bonds. The number of esters is 1. The van der Waals surface area contributed by atoms with Crippen molar-refractivity contribution in [3.8, 4) is 22.9 Å². The van der Waals surface area contributed by atoms with Crippen molar-refractivity contribution in [3.63, 3.8) is 0 Å². The third kappa shape index (κ3) is 4.73. The number of carbonyl (C=O) groups is 2. The summed E-state index contributed by atoms with van der Waals surface area (Å²) in [5.74, 6) is 0.298. The van der Waals surface area contributed by atoms with E-state index in [0.29, 0.717) is 22.9 Å². The number of ether oxygens (including phenoxy) is 4. The van der Waals surface area contributed by atoms with Gasteiger partial charge in [0, 0.05) is 22.4 Å². The molecule has 4 aromatic rings. The maximum absolute atomic E-state index is 13.5. The van der Waals surface area contributed by atoms with E-state index in [1.54, 1.807) is 54.8 Å². The van der Waals surface area contributed by atoms with Crippen molar-refractivity contribution < 1.29 is 28.5 Å². The second kappa shape index (κ2) is 10.5. The Bertz CT molecular complexity index is 1470. The van der Waals surface area contributed by atoms with Gasteiger partial charge in [-0.05, 0) is 43.3 Å². The number of thiophene rings is 1. The minimum Gasteiger partial charge on any atom is -0.497 e. The van der Waals surface area contributed by atoms with Crippen LogP contribution < -0.4 is 25.1 Å². The first-order valence-corrected chi connectivity index (χ1v) is 11.7. The third-order valence-corrected chi connectivity index (χ3v) is 6.17. The number of aromatic nitrogens is 2. The number of hydrogen-bond acceptors (Lipinski definition) is 9. The average molecular weight is 510 g/mol. The van der Waals surface area contributed by atoms with Crippen LogP contribution in [0.2, 0.25) is 0 Å². The van der Waals surface area contributed by atoms with Gasteiger partial charge in [0.25, 0.3) is 11.5 Å². The molecule has 0 unspecified atom stereocenters. The van der Waals surface area contributed by atoms with Crippen molar-refractivity contribution >= 4 is 39.0 Å². The van der Waals surface area contributed by atoms with Crippen LogP contribution in [0, 0.1) is 0 Å². The molecular formula is C25H23N3O7S. The summed E-state index contributed by atoms with van der Waals surface area (Å²) in [6.07, 6.45) is 0. The Morgan fingerprint density at radius 1 is 0.972 bits per heavy atom. The molecule has 0 atom stereocenters. The van der Waals surface area contributed by atoms with Gasteiger partial charge in [-0.1, -0.05) is 0 Å². The van der Waals surface area contributed by atoms with Crippen LogP contribution in [-0.2, 0) is 4.74 Å². The van der Waals surface area contributed by atoms with E-state index in [0.717, 1.165) is 16.0 Å². The Morgan fingerprint density at radius 3 is 2.19 bits per heavy atom. The van der Waals surface area contributed by atoms with Gasteiger partial charge in [0.05, 0.1) is 39.0 Å². The summed E-state index contributed by atoms with van der Waals surface area (Å²) < 4.78 is 21.9. The van der Waals surface area contributed by atoms with Crippen LogP contribution in [0.25, 0.3) is 16.5 Å². The second-order valence-electron chi connectivity index (χ2n) is 7.39. The number of nitrogens with zero attached hydrogens (tertiary/aromatic N) is 2. The van der Waals surface area contributed by atoms with E-state index in [2.05, 4.69) is 10.4 Å². The van der Waals surface area contributed by atoms with Gasteiger partial charge in [0.1, 0.15) is 22.2 Å². The molecule has 36 heavy (non-hydrogen) atoms. The average Bonchev–Trinajstić information content (AvgIpc) is 3.32. The van der Waals surface area contributed by atoms with Gasteiger partial charge in [-0.15, -0.1) is 11.3 Å². The zero-order valence-electron chi connectivity index (χ0n) is 20.0. The zero-order valence-corrected chi connectivity index (χ0v) is 20.8. The summed E-state index contributed by atoms with van der Waals surface area (Å²) in [5.41, 5.74) is 0.127. The fourth-order valence-corrected chi connectivity index (χ4v) is 4.44. The topological polar surface area (TPSA) is 118 Å². The van der Waals surface area contributed by atoms with E-state index in [-0.39, 0.29) is 33.6 Å². The highest BCUT2D eigenvalue weighted by atomic mass is 32.1. The molecule has 11 heteroatoms. The maximum atomic E-state index is 13.5. The number of amides is 1. The number of carbonyl (C=O) groups excluding carboxylic acids is 2. The van der Waals surface area contributed by atoms with E-state index in [9.17, 15) is 14.4 Å². The molecule has 0 saturated carbocycles. The normalized spacial score (nSPS) is 10.7. The van der Waals surface area contributed by atoms with Crippen LogP contribution in [0.3, 0.4) is 0 Å². The first kappa shape index (κ1) is 24.7. The number of anilines is 1. The maximum Gasteiger partial charge on any atom is 0.359 e. The van der Waals surface area contributed by atoms with Gasteiger partial charge in [0.2, 0.25) is 0 Å². The highest BCUT2D eigenvalue weighted by Crippen LogP contribution is 2.32. The van der Waals surface area contributed by atoms with Gasteiger partial charge >= 0.3 is 5.97 Å². The fraction of sp³-hybridized carbons (Fsp3) is 0.200. The number of methoxy groups -OCH3 is 3. The molecule has 0 aliphatic carbocycles. The van der Waals surface area contributed by atoms with Crippen LogP contribution in [-0.4, -0.2) is 49.6 Å². The summed E-state index contributed by atoms with van der Waals surface area (Å²) in [6.45, 7) is 1.81. The molecule has 4 rings (SSSR count). The number of fused-ring (bicyclic) bond motifs is 1. The molecule has 186 valence electrons. The van der Waals surface area contributed by atoms with E-state index in [1.165, 1.54) is 21.3 Å². The molecular weight excluding hydrogens is 486 g/mol. The molecule has 0 fully saturated rings. The molecule has 0 spiro atoms. The third-order valence-electron chi connectivity index (χ3n) is 5.28. The summed E-state index contributed by atoms with van der Waals surface area (Å²) in [5, 5.41) is 9.34. The predicted molar refractivity (Wildman–Crippen MR) is 135 cm³/mol. The SMILES string of the molecule is CCOC(=O)c1nn(-c2ccc(OC)cc2)c(=O)c2c(NC(=O)c3cc(OC)cc(OC)c3)scc12. The Balaban J connectivity index is 1.84. The molecule has 2 heterocycles. The lowest BCUT2D eigenvalue weighted by molar-refractivity contribution is 0.0520. The Labute approximate surface area is 210 Å². The predicted octanol–water partition coefficient (Wildman–Crippen LogP) is 3.90. The lowest BCUT2D eigenvalue weighted by Gasteiger charge is -2.11. The summed E-state index contributed by atoms with van der Waals surface area (Å²) >= 11 is 1.10. The molecule has 2 aromatic heterocycles. The lowest BCUT2D eigenvalue weighted by atomic mass is 10.1. The minimum atomic E-state index is -0.682. The first-order chi connectivity index (χ1) is 17.4. The van der Waals surface area contributed by atoms with Crippen molar-refractivity contribution in [3.05, 3.63) is 69.5 Å². The first-order valence-electron chi connectivity index (χ1n) is 10.8. The molecule has 1 N–H and O–H groups in total. The number of rotatable bonds is 8. The highest BCUT2D eigenvalue weighted by molar-refractivity contribution is 7.16. The Morgan fingerprint density at radius 2 is 1.61 bits per heavy atom. The molecule has 0 aliphatic rings. The molecule has 2 aromatic carbocycles. The highest BCUT2D eigenvalue weighted by Gasteiger charge is 2.23. The number of hydrogen-bond donors (Lipinski definition) is 1. The van der Waals surface area contributed by atoms with Gasteiger partial charge in [-0.3, -0.25) is 9.59 Å². The Hall–Kier alpha value is -4.38. The smallest absolute Gasteiger partial charge is 0.359 e. The fourth-order valence-electron chi connectivity index (χ4n) is 3.50. The summed E-state index contributed by atoms with van der Waals surface area (Å²) in [4.78, 5) is 39.4. The van der Waals surface area contributed by atoms with Crippen LogP contribution in [0.1, 0.15) is 27.8 Å². The lowest BCUT2D eigenvalue weighted by Crippen LogP contribution is -2.25. The number of benzene rings is 2. The van der Waals surface area contributed by atoms with Crippen molar-refractivity contribution in [2.75, 3.05) is 33.3 Å². The minimum absolute atomic E-state index is 0.0398.